The number of benzene rings is 1. The van der Waals surface area contributed by atoms with Crippen LogP contribution in [0.3, 0.4) is 0 Å². The van der Waals surface area contributed by atoms with Gasteiger partial charge in [0.2, 0.25) is 5.88 Å². The Balaban J connectivity index is 1.34. The second-order valence-corrected chi connectivity index (χ2v) is 13.5. The molecule has 1 aromatic carbocycles. The molecule has 4 saturated heterocycles. The molecule has 5 aliphatic rings. The normalized spacial score (nSPS) is 29.9. The molecule has 3 N–H and O–H groups in total. The summed E-state index contributed by atoms with van der Waals surface area (Å²) >= 11 is 0. The molecule has 6 atom stereocenters. The molecule has 0 saturated carbocycles. The standard InChI is InChI=1S/C31H31F8N7O2/c1-13-25-19-4-3-16(41-19)11-46(25)26-20-24(43-28(44-26)47-12-29-5-2-6-45(29)10-14(32)9-29)22(33)23(42-27(20)48-13)17-7-15(40)8-18(30(34,35)36)21(17)31(37,38)39/h7-8,13-14,16,19,25,41H,2-6,9-12,40H2,1H3/t13-,14+,16+,19-,25+,29-/m0/s1. The third kappa shape index (κ3) is 4.90. The van der Waals surface area contributed by atoms with E-state index in [1.807, 2.05) is 9.80 Å². The SMILES string of the molecule is C[C@@H]1Oc2nc(-c3cc(N)cc(C(F)(F)F)c3C(F)(F)F)c(F)c3nc(OC[C@@]45CCCN4C[C@H](F)C5)nc(c23)N2C[C@H]3CC[C@H](N3)[C@@H]12. The van der Waals surface area contributed by atoms with Gasteiger partial charge in [-0.05, 0) is 51.3 Å². The van der Waals surface area contributed by atoms with Crippen molar-refractivity contribution in [3.05, 3.63) is 29.1 Å². The Morgan fingerprint density at radius 1 is 1.08 bits per heavy atom. The summed E-state index contributed by atoms with van der Waals surface area (Å²) in [5.74, 6) is -1.57. The van der Waals surface area contributed by atoms with E-state index in [1.165, 1.54) is 0 Å². The Bertz CT molecular complexity index is 1810. The summed E-state index contributed by atoms with van der Waals surface area (Å²) in [5, 5.41) is 3.49. The van der Waals surface area contributed by atoms with Crippen molar-refractivity contribution in [1.82, 2.24) is 25.2 Å². The van der Waals surface area contributed by atoms with E-state index >= 15 is 4.39 Å². The van der Waals surface area contributed by atoms with Crippen LogP contribution in [0, 0.1) is 5.82 Å². The molecule has 0 spiro atoms. The number of hydrogen-bond donors (Lipinski definition) is 2. The third-order valence-electron chi connectivity index (χ3n) is 10.5. The van der Waals surface area contributed by atoms with Crippen LogP contribution >= 0.6 is 0 Å². The third-order valence-corrected chi connectivity index (χ3v) is 10.5. The number of nitrogens with two attached hydrogens (primary N) is 1. The van der Waals surface area contributed by atoms with Crippen molar-refractivity contribution in [3.63, 3.8) is 0 Å². The molecule has 0 aliphatic carbocycles. The molecule has 48 heavy (non-hydrogen) atoms. The van der Waals surface area contributed by atoms with Crippen LogP contribution in [-0.4, -0.2) is 82.0 Å². The van der Waals surface area contributed by atoms with Crippen LogP contribution in [0.4, 0.5) is 46.6 Å². The molecule has 2 bridgehead atoms. The van der Waals surface area contributed by atoms with Gasteiger partial charge in [0.05, 0.1) is 22.7 Å². The molecule has 258 valence electrons. The molecule has 9 nitrogen and oxygen atoms in total. The molecular weight excluding hydrogens is 654 g/mol. The summed E-state index contributed by atoms with van der Waals surface area (Å²) in [7, 11) is 0. The molecule has 17 heteroatoms. The van der Waals surface area contributed by atoms with Crippen LogP contribution in [0.5, 0.6) is 11.9 Å². The van der Waals surface area contributed by atoms with Gasteiger partial charge in [0.1, 0.15) is 41.3 Å². The van der Waals surface area contributed by atoms with E-state index in [0.717, 1.165) is 19.3 Å². The van der Waals surface area contributed by atoms with Gasteiger partial charge < -0.3 is 25.4 Å². The predicted octanol–water partition coefficient (Wildman–Crippen LogP) is 5.50. The minimum atomic E-state index is -5.57. The first kappa shape index (κ1) is 31.5. The lowest BCUT2D eigenvalue weighted by molar-refractivity contribution is -0.161. The number of nitrogens with one attached hydrogen (secondary N) is 1. The van der Waals surface area contributed by atoms with Gasteiger partial charge in [0, 0.05) is 42.8 Å². The fourth-order valence-corrected chi connectivity index (χ4v) is 8.56. The van der Waals surface area contributed by atoms with Gasteiger partial charge >= 0.3 is 18.4 Å². The summed E-state index contributed by atoms with van der Waals surface area (Å²) in [5.41, 5.74) is -2.67. The number of aromatic nitrogens is 3. The summed E-state index contributed by atoms with van der Waals surface area (Å²) in [6, 6.07) is 0.0904. The van der Waals surface area contributed by atoms with Crippen molar-refractivity contribution in [2.75, 3.05) is 36.9 Å². The highest BCUT2D eigenvalue weighted by Crippen LogP contribution is 2.49. The zero-order valence-corrected chi connectivity index (χ0v) is 25.6. The van der Waals surface area contributed by atoms with Crippen LogP contribution in [0.2, 0.25) is 0 Å². The Morgan fingerprint density at radius 2 is 1.88 bits per heavy atom. The molecule has 7 heterocycles. The fourth-order valence-electron chi connectivity index (χ4n) is 8.56. The number of alkyl halides is 7. The number of ether oxygens (including phenoxy) is 2. The van der Waals surface area contributed by atoms with Gasteiger partial charge in [-0.15, -0.1) is 0 Å². The first-order valence-corrected chi connectivity index (χ1v) is 15.8. The van der Waals surface area contributed by atoms with E-state index in [-0.39, 0.29) is 66.9 Å². The smallest absolute Gasteiger partial charge is 0.417 e. The van der Waals surface area contributed by atoms with Crippen molar-refractivity contribution in [1.29, 1.82) is 0 Å². The Labute approximate surface area is 268 Å². The van der Waals surface area contributed by atoms with Crippen molar-refractivity contribution in [2.24, 2.45) is 0 Å². The molecule has 3 aromatic rings. The van der Waals surface area contributed by atoms with E-state index in [2.05, 4.69) is 20.3 Å². The monoisotopic (exact) mass is 685 g/mol. The molecule has 5 aliphatic heterocycles. The van der Waals surface area contributed by atoms with Gasteiger partial charge in [0.25, 0.3) is 0 Å². The minimum absolute atomic E-state index is 0.0176. The number of nitrogens with zero attached hydrogens (tertiary/aromatic N) is 5. The van der Waals surface area contributed by atoms with E-state index in [4.69, 9.17) is 15.2 Å². The van der Waals surface area contributed by atoms with Gasteiger partial charge in [-0.1, -0.05) is 0 Å². The number of fused-ring (bicyclic) bond motifs is 6. The van der Waals surface area contributed by atoms with E-state index in [0.29, 0.717) is 25.6 Å². The van der Waals surface area contributed by atoms with Crippen molar-refractivity contribution in [3.8, 4) is 23.1 Å². The summed E-state index contributed by atoms with van der Waals surface area (Å²) in [6.45, 7) is 3.09. The topological polar surface area (TPSA) is 102 Å². The zero-order chi connectivity index (χ0) is 33.9. The summed E-state index contributed by atoms with van der Waals surface area (Å²) in [4.78, 5) is 17.0. The van der Waals surface area contributed by atoms with Crippen LogP contribution in [0.1, 0.15) is 50.2 Å². The maximum atomic E-state index is 16.8. The van der Waals surface area contributed by atoms with E-state index < -0.39 is 69.6 Å². The number of hydrogen-bond acceptors (Lipinski definition) is 9. The maximum Gasteiger partial charge on any atom is 0.417 e. The molecule has 0 amide bonds. The van der Waals surface area contributed by atoms with E-state index in [1.54, 1.807) is 6.92 Å². The Kier molecular flexibility index (Phi) is 6.99. The van der Waals surface area contributed by atoms with Gasteiger partial charge in [-0.3, -0.25) is 4.90 Å². The highest BCUT2D eigenvalue weighted by molar-refractivity contribution is 5.97. The lowest BCUT2D eigenvalue weighted by Gasteiger charge is -2.42. The van der Waals surface area contributed by atoms with Crippen molar-refractivity contribution >= 4 is 22.4 Å². The Hall–Kier alpha value is -3.73. The average Bonchev–Trinajstić information content (AvgIpc) is 3.64. The number of pyridine rings is 1. The van der Waals surface area contributed by atoms with Crippen molar-refractivity contribution < 1.29 is 44.6 Å². The molecule has 0 radical (unpaired) electrons. The summed E-state index contributed by atoms with van der Waals surface area (Å²) in [6.07, 6.45) is -9.39. The number of piperazine rings is 1. The van der Waals surface area contributed by atoms with Crippen LogP contribution in [0.15, 0.2) is 12.1 Å². The number of rotatable bonds is 4. The van der Waals surface area contributed by atoms with Crippen LogP contribution < -0.4 is 25.4 Å². The number of halogens is 8. The van der Waals surface area contributed by atoms with Crippen LogP contribution in [-0.2, 0) is 12.4 Å². The first-order chi connectivity index (χ1) is 22.6. The number of nitrogen functional groups attached to an aromatic ring is 1. The zero-order valence-electron chi connectivity index (χ0n) is 25.6. The van der Waals surface area contributed by atoms with Gasteiger partial charge in [0.15, 0.2) is 5.82 Å². The highest BCUT2D eigenvalue weighted by atomic mass is 19.4. The van der Waals surface area contributed by atoms with Gasteiger partial charge in [-0.2, -0.15) is 36.3 Å². The molecule has 0 unspecified atom stereocenters. The van der Waals surface area contributed by atoms with Crippen LogP contribution in [0.25, 0.3) is 22.2 Å². The minimum Gasteiger partial charge on any atom is -0.472 e. The predicted molar refractivity (Wildman–Crippen MR) is 157 cm³/mol. The average molecular weight is 686 g/mol. The molecule has 2 aromatic heterocycles. The largest absolute Gasteiger partial charge is 0.472 e. The quantitative estimate of drug-likeness (QED) is 0.273. The Morgan fingerprint density at radius 3 is 2.62 bits per heavy atom. The summed E-state index contributed by atoms with van der Waals surface area (Å²) < 4.78 is 129. The fraction of sp³-hybridized carbons (Fsp3) is 0.581. The maximum absolute atomic E-state index is 16.8. The molecular formula is C31H31F8N7O2. The second-order valence-electron chi connectivity index (χ2n) is 13.5. The second kappa shape index (κ2) is 10.6. The molecule has 4 fully saturated rings. The van der Waals surface area contributed by atoms with Crippen molar-refractivity contribution in [2.45, 2.75) is 87.3 Å². The first-order valence-electron chi connectivity index (χ1n) is 15.8. The molecule has 8 rings (SSSR count). The number of anilines is 2. The van der Waals surface area contributed by atoms with E-state index in [9.17, 15) is 30.7 Å². The van der Waals surface area contributed by atoms with Gasteiger partial charge in [-0.25, -0.2) is 13.8 Å². The lowest BCUT2D eigenvalue weighted by atomic mass is 9.95. The highest BCUT2D eigenvalue weighted by Gasteiger charge is 2.51. The lowest BCUT2D eigenvalue weighted by Crippen LogP contribution is -2.62.